The molecule has 0 fully saturated rings. The first-order valence-corrected chi connectivity index (χ1v) is 7.48. The van der Waals surface area contributed by atoms with E-state index in [-0.39, 0.29) is 19.0 Å². The summed E-state index contributed by atoms with van der Waals surface area (Å²) in [6, 6.07) is 5.40. The number of nitrogens with two attached hydrogens (primary N) is 1. The Morgan fingerprint density at radius 2 is 2.05 bits per heavy atom. The van der Waals surface area contributed by atoms with Gasteiger partial charge in [-0.3, -0.25) is 4.90 Å². The molecular weight excluding hydrogens is 267 g/mol. The number of rotatable bonds is 7. The molecule has 0 aliphatic carbocycles. The second kappa shape index (κ2) is 9.51. The van der Waals surface area contributed by atoms with Crippen LogP contribution in [0.4, 0.5) is 4.39 Å². The highest BCUT2D eigenvalue weighted by molar-refractivity contribution is 5.38. The van der Waals surface area contributed by atoms with Crippen molar-refractivity contribution in [3.8, 4) is 11.8 Å². The summed E-state index contributed by atoms with van der Waals surface area (Å²) in [4.78, 5) is 2.23. The van der Waals surface area contributed by atoms with Gasteiger partial charge in [0.15, 0.2) is 0 Å². The summed E-state index contributed by atoms with van der Waals surface area (Å²) in [6.07, 6.45) is 2.05. The van der Waals surface area contributed by atoms with E-state index in [0.29, 0.717) is 24.7 Å². The van der Waals surface area contributed by atoms with Gasteiger partial charge in [0, 0.05) is 19.1 Å². The number of nitrogens with zero attached hydrogens (tertiary/aromatic N) is 1. The minimum Gasteiger partial charge on any atom is -0.395 e. The highest BCUT2D eigenvalue weighted by Crippen LogP contribution is 2.16. The summed E-state index contributed by atoms with van der Waals surface area (Å²) in [5, 5.41) is 9.23. The lowest BCUT2D eigenvalue weighted by Gasteiger charge is -2.29. The van der Waals surface area contributed by atoms with Crippen LogP contribution < -0.4 is 5.73 Å². The predicted octanol–water partition coefficient (Wildman–Crippen LogP) is 2.12. The molecule has 0 unspecified atom stereocenters. The highest BCUT2D eigenvalue weighted by Gasteiger charge is 2.15. The zero-order chi connectivity index (χ0) is 15.7. The number of halogens is 1. The molecule has 3 N–H and O–H groups in total. The van der Waals surface area contributed by atoms with Crippen LogP contribution in [0.2, 0.25) is 0 Å². The van der Waals surface area contributed by atoms with Gasteiger partial charge in [-0.2, -0.15) is 0 Å². The summed E-state index contributed by atoms with van der Waals surface area (Å²) < 4.78 is 13.7. The molecule has 0 saturated heterocycles. The lowest BCUT2D eigenvalue weighted by molar-refractivity contribution is 0.136. The normalized spacial score (nSPS) is 10.8. The predicted molar refractivity (Wildman–Crippen MR) is 84.2 cm³/mol. The molecule has 0 spiro atoms. The standard InChI is InChI=1S/C17H25FN2O/c1-3-16(4-2)20(10-11-21)13-14-7-8-17(18)15(12-14)6-5-9-19/h7-8,12,16,21H,3-4,9-11,13,19H2,1-2H3. The first-order chi connectivity index (χ1) is 10.2. The minimum atomic E-state index is -0.323. The number of aliphatic hydroxyl groups excluding tert-OH is 1. The fourth-order valence-electron chi connectivity index (χ4n) is 2.47. The SMILES string of the molecule is CCC(CC)N(CCO)Cc1ccc(F)c(C#CCN)c1. The third-order valence-corrected chi connectivity index (χ3v) is 3.59. The second-order valence-electron chi connectivity index (χ2n) is 4.98. The maximum Gasteiger partial charge on any atom is 0.138 e. The molecular formula is C17H25FN2O. The lowest BCUT2D eigenvalue weighted by atomic mass is 10.1. The van der Waals surface area contributed by atoms with Gasteiger partial charge in [0.25, 0.3) is 0 Å². The van der Waals surface area contributed by atoms with Crippen molar-refractivity contribution >= 4 is 0 Å². The summed E-state index contributed by atoms with van der Waals surface area (Å²) in [6.45, 7) is 5.92. The Balaban J connectivity index is 2.93. The van der Waals surface area contributed by atoms with Crippen LogP contribution in [0.1, 0.15) is 37.8 Å². The molecule has 0 heterocycles. The van der Waals surface area contributed by atoms with E-state index in [4.69, 9.17) is 5.73 Å². The van der Waals surface area contributed by atoms with Gasteiger partial charge in [-0.25, -0.2) is 4.39 Å². The molecule has 1 aromatic rings. The van der Waals surface area contributed by atoms with Crippen molar-refractivity contribution in [1.82, 2.24) is 4.90 Å². The van der Waals surface area contributed by atoms with Crippen LogP contribution in [-0.4, -0.2) is 35.7 Å². The van der Waals surface area contributed by atoms with E-state index in [1.807, 2.05) is 0 Å². The third kappa shape index (κ3) is 5.47. The zero-order valence-corrected chi connectivity index (χ0v) is 12.9. The smallest absolute Gasteiger partial charge is 0.138 e. The maximum absolute atomic E-state index is 13.7. The van der Waals surface area contributed by atoms with Crippen molar-refractivity contribution in [1.29, 1.82) is 0 Å². The van der Waals surface area contributed by atoms with E-state index in [0.717, 1.165) is 18.4 Å². The summed E-state index contributed by atoms with van der Waals surface area (Å²) in [5.74, 6) is 5.11. The minimum absolute atomic E-state index is 0.123. The molecule has 0 aromatic heterocycles. The van der Waals surface area contributed by atoms with Gasteiger partial charge in [-0.1, -0.05) is 31.8 Å². The van der Waals surface area contributed by atoms with E-state index < -0.39 is 0 Å². The molecule has 1 aromatic carbocycles. The average molecular weight is 292 g/mol. The van der Waals surface area contributed by atoms with Crippen molar-refractivity contribution in [3.63, 3.8) is 0 Å². The van der Waals surface area contributed by atoms with Gasteiger partial charge >= 0.3 is 0 Å². The average Bonchev–Trinajstić information content (AvgIpc) is 2.49. The fraction of sp³-hybridized carbons (Fsp3) is 0.529. The van der Waals surface area contributed by atoms with E-state index in [1.54, 1.807) is 12.1 Å². The fourth-order valence-corrected chi connectivity index (χ4v) is 2.47. The van der Waals surface area contributed by atoms with Crippen LogP contribution in [0.5, 0.6) is 0 Å². The first kappa shape index (κ1) is 17.6. The molecule has 0 saturated carbocycles. The molecule has 116 valence electrons. The van der Waals surface area contributed by atoms with Crippen LogP contribution in [0.15, 0.2) is 18.2 Å². The summed E-state index contributed by atoms with van der Waals surface area (Å²) in [5.41, 5.74) is 6.71. The van der Waals surface area contributed by atoms with Gasteiger partial charge in [0.1, 0.15) is 5.82 Å². The van der Waals surface area contributed by atoms with Gasteiger partial charge in [0.2, 0.25) is 0 Å². The van der Waals surface area contributed by atoms with E-state index in [9.17, 15) is 9.50 Å². The second-order valence-corrected chi connectivity index (χ2v) is 4.98. The Morgan fingerprint density at radius 3 is 2.62 bits per heavy atom. The topological polar surface area (TPSA) is 49.5 Å². The lowest BCUT2D eigenvalue weighted by Crippen LogP contribution is -2.36. The summed E-state index contributed by atoms with van der Waals surface area (Å²) in [7, 11) is 0. The van der Waals surface area contributed by atoms with Gasteiger partial charge in [0.05, 0.1) is 18.7 Å². The van der Waals surface area contributed by atoms with Crippen molar-refractivity contribution < 1.29 is 9.50 Å². The quantitative estimate of drug-likeness (QED) is 0.757. The van der Waals surface area contributed by atoms with Crippen LogP contribution >= 0.6 is 0 Å². The molecule has 3 nitrogen and oxygen atoms in total. The number of hydrogen-bond acceptors (Lipinski definition) is 3. The molecule has 0 aliphatic rings. The monoisotopic (exact) mass is 292 g/mol. The van der Waals surface area contributed by atoms with Crippen LogP contribution in [-0.2, 0) is 6.54 Å². The molecule has 0 bridgehead atoms. The van der Waals surface area contributed by atoms with E-state index >= 15 is 0 Å². The van der Waals surface area contributed by atoms with Crippen molar-refractivity contribution in [2.45, 2.75) is 39.3 Å². The molecule has 0 atom stereocenters. The Kier molecular flexibility index (Phi) is 7.99. The largest absolute Gasteiger partial charge is 0.395 e. The number of aliphatic hydroxyl groups is 1. The number of hydrogen-bond donors (Lipinski definition) is 2. The summed E-state index contributed by atoms with van der Waals surface area (Å²) >= 11 is 0. The molecule has 21 heavy (non-hydrogen) atoms. The molecule has 4 heteroatoms. The highest BCUT2D eigenvalue weighted by atomic mass is 19.1. The van der Waals surface area contributed by atoms with E-state index in [1.165, 1.54) is 6.07 Å². The van der Waals surface area contributed by atoms with Crippen LogP contribution in [0, 0.1) is 17.7 Å². The number of benzene rings is 1. The molecule has 0 radical (unpaired) electrons. The molecule has 0 aliphatic heterocycles. The van der Waals surface area contributed by atoms with Gasteiger partial charge < -0.3 is 10.8 Å². The Labute approximate surface area is 127 Å². The maximum atomic E-state index is 13.7. The Hall–Kier alpha value is -1.41. The van der Waals surface area contributed by atoms with Crippen LogP contribution in [0.25, 0.3) is 0 Å². The third-order valence-electron chi connectivity index (χ3n) is 3.59. The van der Waals surface area contributed by atoms with E-state index in [2.05, 4.69) is 30.6 Å². The molecule has 0 amide bonds. The Bertz CT molecular complexity index is 489. The van der Waals surface area contributed by atoms with Crippen molar-refractivity contribution in [2.24, 2.45) is 5.73 Å². The zero-order valence-electron chi connectivity index (χ0n) is 12.9. The van der Waals surface area contributed by atoms with Crippen LogP contribution in [0.3, 0.4) is 0 Å². The van der Waals surface area contributed by atoms with Crippen molar-refractivity contribution in [3.05, 3.63) is 35.1 Å². The van der Waals surface area contributed by atoms with Crippen molar-refractivity contribution in [2.75, 3.05) is 19.7 Å². The Morgan fingerprint density at radius 1 is 1.33 bits per heavy atom. The first-order valence-electron chi connectivity index (χ1n) is 7.48. The van der Waals surface area contributed by atoms with Gasteiger partial charge in [-0.15, -0.1) is 0 Å². The van der Waals surface area contributed by atoms with Gasteiger partial charge in [-0.05, 0) is 30.5 Å². The molecule has 1 rings (SSSR count).